The van der Waals surface area contributed by atoms with Gasteiger partial charge >= 0.3 is 0 Å². The molecule has 1 heterocycles. The van der Waals surface area contributed by atoms with Crippen molar-refractivity contribution in [2.75, 3.05) is 4.90 Å². The molecule has 2 amide bonds. The van der Waals surface area contributed by atoms with Crippen LogP contribution in [0.4, 0.5) is 10.1 Å². The molecule has 0 unspecified atom stereocenters. The van der Waals surface area contributed by atoms with Crippen LogP contribution in [0.3, 0.4) is 0 Å². The van der Waals surface area contributed by atoms with E-state index < -0.39 is 0 Å². The smallest absolute Gasteiger partial charge is 0.265 e. The van der Waals surface area contributed by atoms with Crippen molar-refractivity contribution in [3.8, 4) is 0 Å². The van der Waals surface area contributed by atoms with Crippen molar-refractivity contribution in [3.63, 3.8) is 0 Å². The maximum Gasteiger partial charge on any atom is 0.265 e. The molecule has 0 radical (unpaired) electrons. The van der Waals surface area contributed by atoms with Gasteiger partial charge in [0.05, 0.1) is 17.1 Å². The number of anilines is 1. The van der Waals surface area contributed by atoms with Crippen molar-refractivity contribution < 1.29 is 14.0 Å². The number of thioether (sulfide) groups is 1. The molecule has 2 aliphatic rings. The van der Waals surface area contributed by atoms with Crippen LogP contribution in [-0.4, -0.2) is 17.9 Å². The Labute approximate surface area is 222 Å². The van der Waals surface area contributed by atoms with Crippen LogP contribution in [0, 0.1) is 17.7 Å². The van der Waals surface area contributed by atoms with Gasteiger partial charge in [-0.05, 0) is 71.9 Å². The Kier molecular flexibility index (Phi) is 7.47. The van der Waals surface area contributed by atoms with Crippen molar-refractivity contribution in [3.05, 3.63) is 100 Å². The first-order valence-corrected chi connectivity index (χ1v) is 13.7. The van der Waals surface area contributed by atoms with E-state index in [0.29, 0.717) is 28.8 Å². The number of hydrogen-bond acceptors (Lipinski definition) is 3. The minimum atomic E-state index is -0.301. The van der Waals surface area contributed by atoms with Gasteiger partial charge < -0.3 is 10.2 Å². The molecule has 3 aromatic rings. The minimum Gasteiger partial charge on any atom is -0.349 e. The molecule has 1 N–H and O–H groups in total. The van der Waals surface area contributed by atoms with E-state index in [0.717, 1.165) is 34.6 Å². The highest BCUT2D eigenvalue weighted by Gasteiger charge is 2.30. The first-order valence-electron chi connectivity index (χ1n) is 12.8. The third kappa shape index (κ3) is 5.64. The van der Waals surface area contributed by atoms with Crippen LogP contribution in [0.1, 0.15) is 54.6 Å². The Bertz CT molecular complexity index is 1320. The molecule has 37 heavy (non-hydrogen) atoms. The Morgan fingerprint density at radius 3 is 2.51 bits per heavy atom. The number of nitrogens with one attached hydrogen (secondary N) is 1. The van der Waals surface area contributed by atoms with Gasteiger partial charge in [-0.3, -0.25) is 9.59 Å². The van der Waals surface area contributed by atoms with Crippen LogP contribution >= 0.6 is 11.8 Å². The summed E-state index contributed by atoms with van der Waals surface area (Å²) in [5, 5.41) is 3.22. The molecule has 3 atom stereocenters. The molecule has 5 rings (SSSR count). The Balaban J connectivity index is 1.34. The topological polar surface area (TPSA) is 49.4 Å². The van der Waals surface area contributed by atoms with Crippen LogP contribution in [0.2, 0.25) is 0 Å². The lowest BCUT2D eigenvalue weighted by atomic mass is 9.78. The molecule has 0 aromatic heterocycles. The third-order valence-electron chi connectivity index (χ3n) is 7.58. The molecule has 0 saturated heterocycles. The fourth-order valence-corrected chi connectivity index (χ4v) is 6.17. The summed E-state index contributed by atoms with van der Waals surface area (Å²) in [6.45, 7) is 4.83. The minimum absolute atomic E-state index is 0.0485. The van der Waals surface area contributed by atoms with E-state index in [-0.39, 0.29) is 23.7 Å². The van der Waals surface area contributed by atoms with E-state index in [2.05, 4.69) is 19.2 Å². The predicted octanol–water partition coefficient (Wildman–Crippen LogP) is 7.06. The van der Waals surface area contributed by atoms with E-state index in [1.54, 1.807) is 17.0 Å². The summed E-state index contributed by atoms with van der Waals surface area (Å²) >= 11 is 1.44. The van der Waals surface area contributed by atoms with Gasteiger partial charge in [0.25, 0.3) is 11.8 Å². The number of carbonyl (C=O) groups excluding carboxylic acids is 2. The summed E-state index contributed by atoms with van der Waals surface area (Å²) in [6.07, 6.45) is 5.26. The van der Waals surface area contributed by atoms with E-state index in [9.17, 15) is 14.0 Å². The lowest BCUT2D eigenvalue weighted by Crippen LogP contribution is -2.43. The van der Waals surface area contributed by atoms with Crippen molar-refractivity contribution in [1.82, 2.24) is 5.32 Å². The zero-order valence-corrected chi connectivity index (χ0v) is 21.9. The molecule has 6 heteroatoms. The second-order valence-electron chi connectivity index (χ2n) is 10.1. The number of para-hydroxylation sites is 1. The second-order valence-corrected chi connectivity index (χ2v) is 11.1. The summed E-state index contributed by atoms with van der Waals surface area (Å²) in [7, 11) is 0. The number of hydrogen-bond donors (Lipinski definition) is 1. The van der Waals surface area contributed by atoms with Crippen molar-refractivity contribution >= 4 is 35.3 Å². The van der Waals surface area contributed by atoms with Gasteiger partial charge in [0, 0.05) is 16.5 Å². The fraction of sp³-hybridized carbons (Fsp3) is 0.290. The number of rotatable bonds is 5. The van der Waals surface area contributed by atoms with Crippen LogP contribution in [0.25, 0.3) is 6.08 Å². The zero-order valence-electron chi connectivity index (χ0n) is 21.1. The van der Waals surface area contributed by atoms with Gasteiger partial charge in [0.15, 0.2) is 0 Å². The fourth-order valence-electron chi connectivity index (χ4n) is 5.11. The second kappa shape index (κ2) is 10.9. The number of nitrogens with zero attached hydrogens (tertiary/aromatic N) is 1. The maximum absolute atomic E-state index is 13.5. The van der Waals surface area contributed by atoms with Gasteiger partial charge in [0.1, 0.15) is 5.82 Å². The maximum atomic E-state index is 13.5. The monoisotopic (exact) mass is 514 g/mol. The van der Waals surface area contributed by atoms with E-state index >= 15 is 0 Å². The summed E-state index contributed by atoms with van der Waals surface area (Å²) in [6, 6.07) is 21.6. The number of carbonyl (C=O) groups is 2. The van der Waals surface area contributed by atoms with Crippen LogP contribution < -0.4 is 10.2 Å². The number of halogens is 1. The van der Waals surface area contributed by atoms with Crippen LogP contribution in [-0.2, 0) is 11.3 Å². The number of benzene rings is 3. The molecule has 1 fully saturated rings. The highest BCUT2D eigenvalue weighted by Crippen LogP contribution is 2.42. The summed E-state index contributed by atoms with van der Waals surface area (Å²) in [5.74, 6) is 0.635. The average molecular weight is 515 g/mol. The highest BCUT2D eigenvalue weighted by molar-refractivity contribution is 8.04. The van der Waals surface area contributed by atoms with Gasteiger partial charge in [-0.2, -0.15) is 0 Å². The molecule has 190 valence electrons. The molecule has 3 aromatic carbocycles. The quantitative estimate of drug-likeness (QED) is 0.371. The summed E-state index contributed by atoms with van der Waals surface area (Å²) in [4.78, 5) is 29.7. The first-order chi connectivity index (χ1) is 17.9. The van der Waals surface area contributed by atoms with Crippen molar-refractivity contribution in [2.24, 2.45) is 11.8 Å². The molecule has 1 aliphatic heterocycles. The molecular weight excluding hydrogens is 483 g/mol. The lowest BCUT2D eigenvalue weighted by Gasteiger charge is -2.34. The van der Waals surface area contributed by atoms with Gasteiger partial charge in [-0.25, -0.2) is 4.39 Å². The van der Waals surface area contributed by atoms with E-state index in [1.165, 1.54) is 30.3 Å². The Hall–Kier alpha value is -3.38. The third-order valence-corrected chi connectivity index (χ3v) is 8.66. The largest absolute Gasteiger partial charge is 0.349 e. The number of fused-ring (bicyclic) bond motifs is 1. The average Bonchev–Trinajstić information content (AvgIpc) is 2.90. The molecule has 0 bridgehead atoms. The van der Waals surface area contributed by atoms with Gasteiger partial charge in [-0.1, -0.05) is 74.8 Å². The van der Waals surface area contributed by atoms with E-state index in [1.807, 2.05) is 54.6 Å². The summed E-state index contributed by atoms with van der Waals surface area (Å²) in [5.41, 5.74) is 3.18. The molecule has 1 aliphatic carbocycles. The number of amides is 2. The Morgan fingerprint density at radius 1 is 1.03 bits per heavy atom. The predicted molar refractivity (Wildman–Crippen MR) is 148 cm³/mol. The first kappa shape index (κ1) is 25.3. The normalized spacial score (nSPS) is 22.6. The summed E-state index contributed by atoms with van der Waals surface area (Å²) < 4.78 is 13.4. The lowest BCUT2D eigenvalue weighted by molar-refractivity contribution is -0.114. The zero-order chi connectivity index (χ0) is 25.9. The molecule has 4 nitrogen and oxygen atoms in total. The van der Waals surface area contributed by atoms with Crippen molar-refractivity contribution in [1.29, 1.82) is 0 Å². The van der Waals surface area contributed by atoms with Crippen LogP contribution in [0.5, 0.6) is 0 Å². The molecule has 1 saturated carbocycles. The molecule has 0 spiro atoms. The van der Waals surface area contributed by atoms with E-state index in [4.69, 9.17) is 0 Å². The Morgan fingerprint density at radius 2 is 1.76 bits per heavy atom. The molecular formula is C31H31FN2O2S. The van der Waals surface area contributed by atoms with Gasteiger partial charge in [-0.15, -0.1) is 0 Å². The van der Waals surface area contributed by atoms with Gasteiger partial charge in [0.2, 0.25) is 0 Å². The highest BCUT2D eigenvalue weighted by atomic mass is 32.2. The van der Waals surface area contributed by atoms with Crippen LogP contribution in [0.15, 0.2) is 82.6 Å². The van der Waals surface area contributed by atoms with Crippen molar-refractivity contribution in [2.45, 2.75) is 50.6 Å². The SMILES string of the molecule is C[C@@H]1[C@H](C)CCC[C@@H]1NC(=O)c1ccc(/C=C2\Sc3ccccc3N(Cc3ccc(F)cc3)C2=O)cc1. The standard InChI is InChI=1S/C31H31FN2O2S/c1-20-6-5-7-26(21(20)2)33-30(35)24-14-10-22(11-15-24)18-29-31(36)34(19-23-12-16-25(32)17-13-23)27-8-3-4-9-28(27)37-29/h3-4,8-18,20-21,26H,5-7,19H2,1-2H3,(H,33,35)/b29-18-/t20-,21-,26+/m1/s1.